The van der Waals surface area contributed by atoms with E-state index in [1.165, 1.54) is 11.3 Å². The Balaban J connectivity index is 1.90. The number of anilines is 2. The summed E-state index contributed by atoms with van der Waals surface area (Å²) in [7, 11) is -3.59. The summed E-state index contributed by atoms with van der Waals surface area (Å²) in [4.78, 5) is 0.246. The van der Waals surface area contributed by atoms with E-state index < -0.39 is 10.0 Å². The van der Waals surface area contributed by atoms with Crippen molar-refractivity contribution in [3.8, 4) is 0 Å². The maximum absolute atomic E-state index is 12.4. The summed E-state index contributed by atoms with van der Waals surface area (Å²) in [5.41, 5.74) is 2.82. The van der Waals surface area contributed by atoms with Crippen LogP contribution in [0.15, 0.2) is 36.7 Å². The Kier molecular flexibility index (Phi) is 4.31. The van der Waals surface area contributed by atoms with E-state index in [-0.39, 0.29) is 4.90 Å². The van der Waals surface area contributed by atoms with Crippen molar-refractivity contribution in [3.05, 3.63) is 37.4 Å². The molecule has 112 valence electrons. The predicted octanol–water partition coefficient (Wildman–Crippen LogP) is 4.43. The van der Waals surface area contributed by atoms with Gasteiger partial charge in [0.15, 0.2) is 0 Å². The number of thiophene rings is 1. The number of sulfonamides is 1. The molecule has 2 aromatic rings. The Morgan fingerprint density at radius 1 is 1.24 bits per heavy atom. The highest BCUT2D eigenvalue weighted by Gasteiger charge is 2.21. The van der Waals surface area contributed by atoms with Crippen molar-refractivity contribution in [2.75, 3.05) is 16.6 Å². The number of hydrogen-bond acceptors (Lipinski definition) is 4. The number of nitrogens with one attached hydrogen (secondary N) is 2. The molecule has 8 heteroatoms. The van der Waals surface area contributed by atoms with Gasteiger partial charge in [-0.25, -0.2) is 8.42 Å². The van der Waals surface area contributed by atoms with E-state index >= 15 is 0 Å². The van der Waals surface area contributed by atoms with Gasteiger partial charge < -0.3 is 5.32 Å². The van der Waals surface area contributed by atoms with Crippen molar-refractivity contribution in [1.29, 1.82) is 0 Å². The molecule has 0 aliphatic carbocycles. The average molecular weight is 452 g/mol. The smallest absolute Gasteiger partial charge is 0.263 e. The third kappa shape index (κ3) is 3.28. The van der Waals surface area contributed by atoms with Gasteiger partial charge in [-0.15, -0.1) is 11.3 Å². The highest BCUT2D eigenvalue weighted by Crippen LogP contribution is 2.36. The number of halogens is 2. The molecule has 0 bridgehead atoms. The fourth-order valence-electron chi connectivity index (χ4n) is 2.26. The summed E-state index contributed by atoms with van der Waals surface area (Å²) >= 11 is 7.92. The van der Waals surface area contributed by atoms with Crippen molar-refractivity contribution >= 4 is 64.6 Å². The van der Waals surface area contributed by atoms with Gasteiger partial charge in [0, 0.05) is 17.9 Å². The Morgan fingerprint density at radius 2 is 2.05 bits per heavy atom. The molecule has 0 saturated heterocycles. The molecular weight excluding hydrogens is 440 g/mol. The van der Waals surface area contributed by atoms with Crippen LogP contribution < -0.4 is 10.0 Å². The summed E-state index contributed by atoms with van der Waals surface area (Å²) in [5.74, 6) is 0. The van der Waals surface area contributed by atoms with Gasteiger partial charge >= 0.3 is 0 Å². The molecule has 3 rings (SSSR count). The van der Waals surface area contributed by atoms with Gasteiger partial charge in [-0.05, 0) is 74.5 Å². The molecule has 1 aliphatic heterocycles. The fourth-order valence-corrected chi connectivity index (χ4v) is 7.12. The zero-order chi connectivity index (χ0) is 15.0. The van der Waals surface area contributed by atoms with E-state index in [1.807, 2.05) is 12.1 Å². The third-order valence-electron chi connectivity index (χ3n) is 3.21. The van der Waals surface area contributed by atoms with E-state index in [2.05, 4.69) is 41.9 Å². The SMILES string of the molecule is O=S(=O)(Nc1ccc2c(c1)CCCN2)c1cc(Br)sc1Br. The van der Waals surface area contributed by atoms with Crippen molar-refractivity contribution in [3.63, 3.8) is 0 Å². The Labute approximate surface area is 144 Å². The van der Waals surface area contributed by atoms with Gasteiger partial charge in [0.25, 0.3) is 10.0 Å². The molecule has 21 heavy (non-hydrogen) atoms. The van der Waals surface area contributed by atoms with Crippen molar-refractivity contribution in [2.24, 2.45) is 0 Å². The maximum atomic E-state index is 12.4. The highest BCUT2D eigenvalue weighted by molar-refractivity contribution is 9.12. The first-order chi connectivity index (χ1) is 9.95. The quantitative estimate of drug-likeness (QED) is 0.725. The minimum Gasteiger partial charge on any atom is -0.385 e. The van der Waals surface area contributed by atoms with Crippen LogP contribution in [0, 0.1) is 0 Å². The third-order valence-corrected chi connectivity index (χ3v) is 7.35. The first kappa shape index (κ1) is 15.3. The van der Waals surface area contributed by atoms with Crippen molar-refractivity contribution < 1.29 is 8.42 Å². The van der Waals surface area contributed by atoms with Gasteiger partial charge in [-0.1, -0.05) is 0 Å². The van der Waals surface area contributed by atoms with Crippen LogP contribution in [0.4, 0.5) is 11.4 Å². The lowest BCUT2D eigenvalue weighted by molar-refractivity contribution is 0.601. The number of benzene rings is 1. The summed E-state index contributed by atoms with van der Waals surface area (Å²) in [6.07, 6.45) is 2.03. The van der Waals surface area contributed by atoms with Crippen LogP contribution in [0.25, 0.3) is 0 Å². The zero-order valence-corrected chi connectivity index (χ0v) is 15.6. The van der Waals surface area contributed by atoms with Gasteiger partial charge in [0.05, 0.1) is 7.57 Å². The standard InChI is InChI=1S/C13H12Br2N2O2S2/c14-12-7-11(13(15)20-12)21(18,19)17-9-3-4-10-8(6-9)2-1-5-16-10/h3-4,6-7,16-17H,1-2,5H2. The molecule has 1 aromatic carbocycles. The van der Waals surface area contributed by atoms with Crippen LogP contribution in [-0.4, -0.2) is 15.0 Å². The van der Waals surface area contributed by atoms with E-state index in [0.29, 0.717) is 9.47 Å². The maximum Gasteiger partial charge on any atom is 0.263 e. The molecule has 0 radical (unpaired) electrons. The number of hydrogen-bond donors (Lipinski definition) is 2. The minimum atomic E-state index is -3.59. The van der Waals surface area contributed by atoms with Crippen molar-refractivity contribution in [1.82, 2.24) is 0 Å². The number of fused-ring (bicyclic) bond motifs is 1. The lowest BCUT2D eigenvalue weighted by Gasteiger charge is -2.19. The van der Waals surface area contributed by atoms with Crippen LogP contribution in [0.2, 0.25) is 0 Å². The Bertz CT molecular complexity index is 787. The van der Waals surface area contributed by atoms with E-state index in [1.54, 1.807) is 12.1 Å². The lowest BCUT2D eigenvalue weighted by Crippen LogP contribution is -2.15. The van der Waals surface area contributed by atoms with Crippen LogP contribution in [0.3, 0.4) is 0 Å². The van der Waals surface area contributed by atoms with Crippen LogP contribution in [-0.2, 0) is 16.4 Å². The normalized spacial score (nSPS) is 14.4. The largest absolute Gasteiger partial charge is 0.385 e. The molecule has 0 unspecified atom stereocenters. The number of aryl methyl sites for hydroxylation is 1. The monoisotopic (exact) mass is 450 g/mol. The Morgan fingerprint density at radius 3 is 2.76 bits per heavy atom. The molecule has 2 N–H and O–H groups in total. The predicted molar refractivity (Wildman–Crippen MR) is 93.8 cm³/mol. The van der Waals surface area contributed by atoms with Crippen LogP contribution in [0.5, 0.6) is 0 Å². The van der Waals surface area contributed by atoms with Gasteiger partial charge in [0.1, 0.15) is 4.90 Å². The molecule has 0 saturated carbocycles. The number of rotatable bonds is 3. The molecule has 0 spiro atoms. The first-order valence-electron chi connectivity index (χ1n) is 6.30. The molecule has 1 aromatic heterocycles. The van der Waals surface area contributed by atoms with Gasteiger partial charge in [0.2, 0.25) is 0 Å². The average Bonchev–Trinajstić information content (AvgIpc) is 2.78. The van der Waals surface area contributed by atoms with E-state index in [4.69, 9.17) is 0 Å². The second-order valence-electron chi connectivity index (χ2n) is 4.70. The summed E-state index contributed by atoms with van der Waals surface area (Å²) < 4.78 is 28.9. The molecule has 0 fully saturated rings. The molecule has 0 amide bonds. The molecular formula is C13H12Br2N2O2S2. The van der Waals surface area contributed by atoms with Crippen LogP contribution >= 0.6 is 43.2 Å². The zero-order valence-electron chi connectivity index (χ0n) is 10.8. The molecule has 0 atom stereocenters. The summed E-state index contributed by atoms with van der Waals surface area (Å²) in [6, 6.07) is 7.19. The van der Waals surface area contributed by atoms with E-state index in [9.17, 15) is 8.42 Å². The highest BCUT2D eigenvalue weighted by atomic mass is 79.9. The molecule has 4 nitrogen and oxygen atoms in total. The Hall–Kier alpha value is -0.570. The molecule has 1 aliphatic rings. The first-order valence-corrected chi connectivity index (χ1v) is 10.2. The summed E-state index contributed by atoms with van der Waals surface area (Å²) in [6.45, 7) is 0.966. The van der Waals surface area contributed by atoms with Gasteiger partial charge in [-0.3, -0.25) is 4.72 Å². The van der Waals surface area contributed by atoms with Crippen molar-refractivity contribution in [2.45, 2.75) is 17.7 Å². The second-order valence-corrected chi connectivity index (χ2v) is 10.1. The second kappa shape index (κ2) is 5.91. The topological polar surface area (TPSA) is 58.2 Å². The fraction of sp³-hybridized carbons (Fsp3) is 0.231. The van der Waals surface area contributed by atoms with E-state index in [0.717, 1.165) is 34.4 Å². The van der Waals surface area contributed by atoms with Gasteiger partial charge in [-0.2, -0.15) is 0 Å². The van der Waals surface area contributed by atoms with Crippen LogP contribution in [0.1, 0.15) is 12.0 Å². The lowest BCUT2D eigenvalue weighted by atomic mass is 10.0. The molecule has 2 heterocycles. The summed E-state index contributed by atoms with van der Waals surface area (Å²) in [5, 5.41) is 3.31. The minimum absolute atomic E-state index is 0.246.